The molecule has 1 aromatic carbocycles. The summed E-state index contributed by atoms with van der Waals surface area (Å²) < 4.78 is 37.4. The van der Waals surface area contributed by atoms with Crippen molar-refractivity contribution in [2.45, 2.75) is 11.3 Å². The number of nitrogens with two attached hydrogens (primary N) is 1. The molecule has 2 aromatic rings. The zero-order chi connectivity index (χ0) is 15.5. The molecule has 9 heteroatoms. The van der Waals surface area contributed by atoms with Gasteiger partial charge in [-0.15, -0.1) is 0 Å². The number of hydrogen-bond donors (Lipinski definition) is 3. The van der Waals surface area contributed by atoms with Crippen LogP contribution < -0.4 is 11.1 Å². The molecule has 0 spiro atoms. The molecule has 0 radical (unpaired) electrons. The Bertz CT molecular complexity index is 628. The van der Waals surface area contributed by atoms with Crippen LogP contribution in [0.3, 0.4) is 0 Å². The van der Waals surface area contributed by atoms with Gasteiger partial charge in [-0.3, -0.25) is 4.79 Å². The first-order valence-corrected chi connectivity index (χ1v) is 6.73. The van der Waals surface area contributed by atoms with E-state index in [9.17, 15) is 18.0 Å². The van der Waals surface area contributed by atoms with E-state index in [0.29, 0.717) is 5.16 Å². The molecule has 0 atom stereocenters. The minimum Gasteiger partial charge on any atom is -0.397 e. The number of rotatable bonds is 4. The van der Waals surface area contributed by atoms with Gasteiger partial charge in [0.15, 0.2) is 5.16 Å². The summed E-state index contributed by atoms with van der Waals surface area (Å²) >= 11 is 1.17. The minimum absolute atomic E-state index is 0.0635. The first-order valence-electron chi connectivity index (χ1n) is 5.75. The lowest BCUT2D eigenvalue weighted by Gasteiger charge is -2.11. The number of nitrogens with one attached hydrogen (secondary N) is 2. The fraction of sp³-hybridized carbons (Fsp3) is 0.167. The van der Waals surface area contributed by atoms with Crippen molar-refractivity contribution >= 4 is 29.0 Å². The topological polar surface area (TPSA) is 83.8 Å². The van der Waals surface area contributed by atoms with E-state index in [4.69, 9.17) is 5.73 Å². The molecule has 21 heavy (non-hydrogen) atoms. The molecule has 0 saturated heterocycles. The summed E-state index contributed by atoms with van der Waals surface area (Å²) in [6.45, 7) is 0. The summed E-state index contributed by atoms with van der Waals surface area (Å²) in [5.41, 5.74) is 4.67. The van der Waals surface area contributed by atoms with Crippen LogP contribution in [0.1, 0.15) is 5.56 Å². The van der Waals surface area contributed by atoms with E-state index in [1.165, 1.54) is 11.8 Å². The highest BCUT2D eigenvalue weighted by atomic mass is 32.2. The van der Waals surface area contributed by atoms with Crippen LogP contribution in [0, 0.1) is 0 Å². The Labute approximate surface area is 122 Å². The van der Waals surface area contributed by atoms with Crippen molar-refractivity contribution in [1.82, 2.24) is 9.97 Å². The zero-order valence-electron chi connectivity index (χ0n) is 10.6. The summed E-state index contributed by atoms with van der Waals surface area (Å²) in [5.74, 6) is -0.323. The maximum atomic E-state index is 12.5. The van der Waals surface area contributed by atoms with Crippen molar-refractivity contribution in [2.24, 2.45) is 0 Å². The van der Waals surface area contributed by atoms with Gasteiger partial charge in [0.2, 0.25) is 5.91 Å². The third-order valence-electron chi connectivity index (χ3n) is 2.47. The Morgan fingerprint density at radius 1 is 1.43 bits per heavy atom. The van der Waals surface area contributed by atoms with Gasteiger partial charge in [0.1, 0.15) is 0 Å². The van der Waals surface area contributed by atoms with Crippen molar-refractivity contribution in [3.63, 3.8) is 0 Å². The van der Waals surface area contributed by atoms with E-state index in [1.807, 2.05) is 0 Å². The first-order chi connectivity index (χ1) is 9.86. The number of hydrogen-bond acceptors (Lipinski definition) is 4. The number of H-pyrrole nitrogens is 1. The first kappa shape index (κ1) is 15.2. The number of aromatic amines is 1. The Balaban J connectivity index is 1.97. The highest BCUT2D eigenvalue weighted by Gasteiger charge is 2.30. The SMILES string of the molecule is Nc1cc(C(F)(F)F)ccc1NC(=O)CSc1ncc[nH]1. The standard InChI is InChI=1S/C12H11F3N4OS/c13-12(14,15)7-1-2-9(8(16)5-7)19-10(20)6-21-11-17-3-4-18-11/h1-5H,6,16H2,(H,17,18)(H,19,20). The smallest absolute Gasteiger partial charge is 0.397 e. The van der Waals surface area contributed by atoms with Gasteiger partial charge in [-0.05, 0) is 18.2 Å². The van der Waals surface area contributed by atoms with Crippen LogP contribution in [0.25, 0.3) is 0 Å². The van der Waals surface area contributed by atoms with Crippen molar-refractivity contribution in [3.05, 3.63) is 36.2 Å². The summed E-state index contributed by atoms with van der Waals surface area (Å²) in [6, 6.07) is 2.79. The number of nitrogen functional groups attached to an aromatic ring is 1. The molecule has 0 bridgehead atoms. The zero-order valence-corrected chi connectivity index (χ0v) is 11.4. The van der Waals surface area contributed by atoms with Crippen molar-refractivity contribution in [1.29, 1.82) is 0 Å². The number of aromatic nitrogens is 2. The summed E-state index contributed by atoms with van der Waals surface area (Å²) in [5, 5.41) is 3.03. The van der Waals surface area contributed by atoms with Crippen molar-refractivity contribution in [2.75, 3.05) is 16.8 Å². The molecule has 0 fully saturated rings. The average molecular weight is 316 g/mol. The molecule has 0 aliphatic carbocycles. The number of nitrogens with zero attached hydrogens (tertiary/aromatic N) is 1. The van der Waals surface area contributed by atoms with Crippen LogP contribution >= 0.6 is 11.8 Å². The third-order valence-corrected chi connectivity index (χ3v) is 3.37. The summed E-state index contributed by atoms with van der Waals surface area (Å²) in [6.07, 6.45) is -1.30. The van der Waals surface area contributed by atoms with E-state index in [1.54, 1.807) is 12.4 Å². The quantitative estimate of drug-likeness (QED) is 0.598. The molecular weight excluding hydrogens is 305 g/mol. The average Bonchev–Trinajstić information content (AvgIpc) is 2.91. The Morgan fingerprint density at radius 3 is 2.76 bits per heavy atom. The molecule has 1 aromatic heterocycles. The number of benzene rings is 1. The monoisotopic (exact) mass is 316 g/mol. The number of thioether (sulfide) groups is 1. The highest BCUT2D eigenvalue weighted by Crippen LogP contribution is 2.32. The number of carbonyl (C=O) groups is 1. The molecule has 0 saturated carbocycles. The number of imidazole rings is 1. The van der Waals surface area contributed by atoms with E-state index in [-0.39, 0.29) is 23.0 Å². The van der Waals surface area contributed by atoms with E-state index < -0.39 is 11.7 Å². The summed E-state index contributed by atoms with van der Waals surface area (Å²) in [4.78, 5) is 18.4. The van der Waals surface area contributed by atoms with Gasteiger partial charge in [0.25, 0.3) is 0 Å². The molecule has 5 nitrogen and oxygen atoms in total. The van der Waals surface area contributed by atoms with Crippen LogP contribution in [0.5, 0.6) is 0 Å². The maximum Gasteiger partial charge on any atom is 0.416 e. The lowest BCUT2D eigenvalue weighted by atomic mass is 10.1. The number of anilines is 2. The molecule has 1 amide bonds. The van der Waals surface area contributed by atoms with Crippen molar-refractivity contribution < 1.29 is 18.0 Å². The van der Waals surface area contributed by atoms with Gasteiger partial charge in [0, 0.05) is 12.4 Å². The fourth-order valence-electron chi connectivity index (χ4n) is 1.50. The Hall–Kier alpha value is -2.16. The van der Waals surface area contributed by atoms with Gasteiger partial charge in [-0.2, -0.15) is 13.2 Å². The van der Waals surface area contributed by atoms with Gasteiger partial charge in [-0.1, -0.05) is 11.8 Å². The molecule has 112 valence electrons. The molecular formula is C12H11F3N4OS. The minimum atomic E-state index is -4.47. The molecule has 0 aliphatic heterocycles. The lowest BCUT2D eigenvalue weighted by Crippen LogP contribution is -2.16. The largest absolute Gasteiger partial charge is 0.416 e. The number of alkyl halides is 3. The van der Waals surface area contributed by atoms with E-state index in [2.05, 4.69) is 15.3 Å². The second kappa shape index (κ2) is 6.08. The van der Waals surface area contributed by atoms with E-state index in [0.717, 1.165) is 18.2 Å². The predicted octanol–water partition coefficient (Wildman–Crippen LogP) is 2.74. The number of amides is 1. The fourth-order valence-corrected chi connectivity index (χ4v) is 2.13. The van der Waals surface area contributed by atoms with Gasteiger partial charge >= 0.3 is 6.18 Å². The van der Waals surface area contributed by atoms with Crippen molar-refractivity contribution in [3.8, 4) is 0 Å². The van der Waals surface area contributed by atoms with E-state index >= 15 is 0 Å². The number of halogens is 3. The van der Waals surface area contributed by atoms with Gasteiger partial charge in [-0.25, -0.2) is 4.98 Å². The molecule has 0 aliphatic rings. The predicted molar refractivity (Wildman–Crippen MR) is 73.8 cm³/mol. The third kappa shape index (κ3) is 4.15. The molecule has 0 unspecified atom stereocenters. The van der Waals surface area contributed by atoms with Gasteiger partial charge in [0.05, 0.1) is 22.7 Å². The normalized spacial score (nSPS) is 11.4. The second-order valence-corrected chi connectivity index (χ2v) is 5.00. The maximum absolute atomic E-state index is 12.5. The van der Waals surface area contributed by atoms with Crippen LogP contribution in [0.2, 0.25) is 0 Å². The van der Waals surface area contributed by atoms with Crippen LogP contribution in [0.4, 0.5) is 24.5 Å². The molecule has 4 N–H and O–H groups in total. The summed E-state index contributed by atoms with van der Waals surface area (Å²) in [7, 11) is 0. The second-order valence-electron chi connectivity index (χ2n) is 4.03. The lowest BCUT2D eigenvalue weighted by molar-refractivity contribution is -0.137. The number of carbonyl (C=O) groups excluding carboxylic acids is 1. The van der Waals surface area contributed by atoms with Gasteiger partial charge < -0.3 is 16.0 Å². The molecule has 2 rings (SSSR count). The van der Waals surface area contributed by atoms with Crippen LogP contribution in [-0.2, 0) is 11.0 Å². The van der Waals surface area contributed by atoms with Crippen LogP contribution in [-0.4, -0.2) is 21.6 Å². The highest BCUT2D eigenvalue weighted by molar-refractivity contribution is 7.99. The van der Waals surface area contributed by atoms with Crippen LogP contribution in [0.15, 0.2) is 35.7 Å². The Morgan fingerprint density at radius 2 is 2.19 bits per heavy atom. The Kier molecular flexibility index (Phi) is 4.41. The molecule has 1 heterocycles.